The summed E-state index contributed by atoms with van der Waals surface area (Å²) in [6.45, 7) is 2.74. The third-order valence-corrected chi connectivity index (χ3v) is 4.01. The van der Waals surface area contributed by atoms with Gasteiger partial charge in [-0.3, -0.25) is 9.48 Å². The van der Waals surface area contributed by atoms with Gasteiger partial charge in [0.25, 0.3) is 0 Å². The van der Waals surface area contributed by atoms with Crippen molar-refractivity contribution in [2.45, 2.75) is 19.9 Å². The van der Waals surface area contributed by atoms with E-state index in [1.54, 1.807) is 12.3 Å². The van der Waals surface area contributed by atoms with Crippen molar-refractivity contribution in [1.29, 1.82) is 0 Å². The summed E-state index contributed by atoms with van der Waals surface area (Å²) in [5.74, 6) is 1.31. The van der Waals surface area contributed by atoms with Crippen LogP contribution in [-0.2, 0) is 17.8 Å². The zero-order chi connectivity index (χ0) is 18.5. The average molecular weight is 349 g/mol. The van der Waals surface area contributed by atoms with E-state index in [2.05, 4.69) is 46.6 Å². The van der Waals surface area contributed by atoms with Crippen LogP contribution in [0.5, 0.6) is 0 Å². The van der Waals surface area contributed by atoms with Gasteiger partial charge in [0.1, 0.15) is 5.82 Å². The van der Waals surface area contributed by atoms with Gasteiger partial charge in [-0.05, 0) is 24.1 Å². The van der Waals surface area contributed by atoms with Crippen molar-refractivity contribution in [2.75, 3.05) is 24.3 Å². The van der Waals surface area contributed by atoms with Crippen LogP contribution in [0.1, 0.15) is 16.7 Å². The number of rotatable bonds is 6. The maximum absolute atomic E-state index is 12.2. The zero-order valence-electron chi connectivity index (χ0n) is 15.3. The van der Waals surface area contributed by atoms with E-state index in [1.165, 1.54) is 11.1 Å². The summed E-state index contributed by atoms with van der Waals surface area (Å²) in [6.07, 6.45) is 3.86. The number of pyridine rings is 1. The molecule has 0 unspecified atom stereocenters. The molecule has 0 saturated heterocycles. The number of hydrogen-bond donors (Lipinski definition) is 1. The largest absolute Gasteiger partial charge is 0.363 e. The molecule has 1 N–H and O–H groups in total. The Morgan fingerprint density at radius 3 is 2.46 bits per heavy atom. The summed E-state index contributed by atoms with van der Waals surface area (Å²) in [4.78, 5) is 18.4. The van der Waals surface area contributed by atoms with Crippen molar-refractivity contribution in [3.05, 3.63) is 71.5 Å². The quantitative estimate of drug-likeness (QED) is 0.743. The highest BCUT2D eigenvalue weighted by Gasteiger charge is 2.08. The minimum absolute atomic E-state index is 0.106. The van der Waals surface area contributed by atoms with Crippen molar-refractivity contribution in [3.63, 3.8) is 0 Å². The molecule has 6 heteroatoms. The standard InChI is InChI=1S/C20H23N5O/c1-15-4-6-16(7-5-15)14-25-11-10-18(23-25)22-20(26)12-17-8-9-19(21-13-17)24(2)3/h4-11,13H,12,14H2,1-3H3,(H,22,23,26). The summed E-state index contributed by atoms with van der Waals surface area (Å²) in [6, 6.07) is 13.9. The number of amides is 1. The van der Waals surface area contributed by atoms with Gasteiger partial charge in [0.2, 0.25) is 5.91 Å². The second-order valence-electron chi connectivity index (χ2n) is 6.53. The number of aryl methyl sites for hydroxylation is 1. The topological polar surface area (TPSA) is 63.1 Å². The molecule has 0 saturated carbocycles. The van der Waals surface area contributed by atoms with Gasteiger partial charge < -0.3 is 10.2 Å². The Morgan fingerprint density at radius 2 is 1.81 bits per heavy atom. The van der Waals surface area contributed by atoms with Gasteiger partial charge in [-0.1, -0.05) is 35.9 Å². The molecule has 3 aromatic rings. The van der Waals surface area contributed by atoms with Crippen LogP contribution >= 0.6 is 0 Å². The van der Waals surface area contributed by atoms with E-state index < -0.39 is 0 Å². The molecule has 6 nitrogen and oxygen atoms in total. The maximum Gasteiger partial charge on any atom is 0.230 e. The molecule has 0 bridgehead atoms. The number of carbonyl (C=O) groups is 1. The molecule has 1 aromatic carbocycles. The van der Waals surface area contributed by atoms with Gasteiger partial charge in [0.15, 0.2) is 5.82 Å². The first-order chi connectivity index (χ1) is 12.5. The Balaban J connectivity index is 1.56. The predicted octanol–water partition coefficient (Wildman–Crippen LogP) is 2.88. The number of hydrogen-bond acceptors (Lipinski definition) is 4. The number of nitrogens with zero attached hydrogens (tertiary/aromatic N) is 4. The first-order valence-electron chi connectivity index (χ1n) is 8.51. The van der Waals surface area contributed by atoms with Crippen molar-refractivity contribution in [2.24, 2.45) is 0 Å². The molecule has 3 rings (SSSR count). The summed E-state index contributed by atoms with van der Waals surface area (Å²) >= 11 is 0. The van der Waals surface area contributed by atoms with Crippen molar-refractivity contribution in [3.8, 4) is 0 Å². The van der Waals surface area contributed by atoms with Crippen LogP contribution in [0.4, 0.5) is 11.6 Å². The zero-order valence-corrected chi connectivity index (χ0v) is 15.3. The third-order valence-electron chi connectivity index (χ3n) is 4.01. The van der Waals surface area contributed by atoms with Gasteiger partial charge in [-0.25, -0.2) is 4.98 Å². The number of benzene rings is 1. The normalized spacial score (nSPS) is 10.6. The minimum atomic E-state index is -0.106. The monoisotopic (exact) mass is 349 g/mol. The molecule has 0 fully saturated rings. The van der Waals surface area contributed by atoms with Crippen molar-refractivity contribution >= 4 is 17.5 Å². The summed E-state index contributed by atoms with van der Waals surface area (Å²) < 4.78 is 1.81. The van der Waals surface area contributed by atoms with Crippen LogP contribution in [0.3, 0.4) is 0 Å². The highest BCUT2D eigenvalue weighted by molar-refractivity contribution is 5.91. The van der Waals surface area contributed by atoms with Gasteiger partial charge in [-0.2, -0.15) is 5.10 Å². The minimum Gasteiger partial charge on any atom is -0.363 e. The Bertz CT molecular complexity index is 866. The van der Waals surface area contributed by atoms with E-state index in [4.69, 9.17) is 0 Å². The van der Waals surface area contributed by atoms with E-state index in [0.717, 1.165) is 11.4 Å². The van der Waals surface area contributed by atoms with Crippen LogP contribution in [0.25, 0.3) is 0 Å². The van der Waals surface area contributed by atoms with Gasteiger partial charge in [0, 0.05) is 32.6 Å². The van der Waals surface area contributed by atoms with Crippen LogP contribution in [0, 0.1) is 6.92 Å². The summed E-state index contributed by atoms with van der Waals surface area (Å²) in [5.41, 5.74) is 3.27. The Hall–Kier alpha value is -3.15. The fraction of sp³-hybridized carbons (Fsp3) is 0.250. The third kappa shape index (κ3) is 4.69. The van der Waals surface area contributed by atoms with Gasteiger partial charge >= 0.3 is 0 Å². The molecule has 2 aromatic heterocycles. The van der Waals surface area contributed by atoms with E-state index in [1.807, 2.05) is 42.0 Å². The smallest absolute Gasteiger partial charge is 0.230 e. The molecule has 2 heterocycles. The van der Waals surface area contributed by atoms with Crippen LogP contribution < -0.4 is 10.2 Å². The van der Waals surface area contributed by atoms with Crippen molar-refractivity contribution < 1.29 is 4.79 Å². The Kier molecular flexibility index (Phi) is 5.31. The van der Waals surface area contributed by atoms with Crippen LogP contribution in [-0.4, -0.2) is 34.8 Å². The molecule has 0 radical (unpaired) electrons. The lowest BCUT2D eigenvalue weighted by Crippen LogP contribution is -2.16. The highest BCUT2D eigenvalue weighted by Crippen LogP contribution is 2.11. The Morgan fingerprint density at radius 1 is 1.08 bits per heavy atom. The van der Waals surface area contributed by atoms with E-state index >= 15 is 0 Å². The first kappa shape index (κ1) is 17.7. The number of carbonyl (C=O) groups excluding carboxylic acids is 1. The number of aromatic nitrogens is 3. The van der Waals surface area contributed by atoms with E-state index in [9.17, 15) is 4.79 Å². The number of anilines is 2. The van der Waals surface area contributed by atoms with Crippen LogP contribution in [0.15, 0.2) is 54.9 Å². The fourth-order valence-corrected chi connectivity index (χ4v) is 2.56. The molecular weight excluding hydrogens is 326 g/mol. The Labute approximate surface area is 153 Å². The predicted molar refractivity (Wildman–Crippen MR) is 103 cm³/mol. The summed E-state index contributed by atoms with van der Waals surface area (Å²) in [5, 5.41) is 7.24. The molecule has 0 aliphatic carbocycles. The molecule has 0 aliphatic rings. The molecule has 134 valence electrons. The second-order valence-corrected chi connectivity index (χ2v) is 6.53. The average Bonchev–Trinajstić information content (AvgIpc) is 3.04. The molecule has 0 aliphatic heterocycles. The molecule has 0 spiro atoms. The first-order valence-corrected chi connectivity index (χ1v) is 8.51. The lowest BCUT2D eigenvalue weighted by Gasteiger charge is -2.11. The van der Waals surface area contributed by atoms with E-state index in [0.29, 0.717) is 12.4 Å². The maximum atomic E-state index is 12.2. The van der Waals surface area contributed by atoms with Gasteiger partial charge in [-0.15, -0.1) is 0 Å². The van der Waals surface area contributed by atoms with Crippen molar-refractivity contribution in [1.82, 2.24) is 14.8 Å². The number of nitrogens with one attached hydrogen (secondary N) is 1. The molecule has 0 atom stereocenters. The SMILES string of the molecule is Cc1ccc(Cn2ccc(NC(=O)Cc3ccc(N(C)C)nc3)n2)cc1. The second kappa shape index (κ2) is 7.82. The highest BCUT2D eigenvalue weighted by atomic mass is 16.1. The summed E-state index contributed by atoms with van der Waals surface area (Å²) in [7, 11) is 3.86. The van der Waals surface area contributed by atoms with Crippen LogP contribution in [0.2, 0.25) is 0 Å². The lowest BCUT2D eigenvalue weighted by molar-refractivity contribution is -0.115. The molecule has 1 amide bonds. The van der Waals surface area contributed by atoms with Gasteiger partial charge in [0.05, 0.1) is 13.0 Å². The lowest BCUT2D eigenvalue weighted by atomic mass is 10.1. The molecule has 26 heavy (non-hydrogen) atoms. The fourth-order valence-electron chi connectivity index (χ4n) is 2.56. The molecular formula is C20H23N5O. The van der Waals surface area contributed by atoms with E-state index in [-0.39, 0.29) is 12.3 Å².